The molecule has 2 aromatic carbocycles. The van der Waals surface area contributed by atoms with Gasteiger partial charge in [0.05, 0.1) is 28.6 Å². The zero-order valence-corrected chi connectivity index (χ0v) is 42.3. The van der Waals surface area contributed by atoms with Crippen LogP contribution in [0.1, 0.15) is 61.9 Å². The number of nitrogens with zero attached hydrogens (tertiary/aromatic N) is 8. The highest BCUT2D eigenvalue weighted by molar-refractivity contribution is 6.40. The molecule has 2 aliphatic carbocycles. The van der Waals surface area contributed by atoms with Gasteiger partial charge < -0.3 is 39.8 Å². The lowest BCUT2D eigenvalue weighted by molar-refractivity contribution is -0.172. The van der Waals surface area contributed by atoms with Gasteiger partial charge in [0.2, 0.25) is 11.7 Å². The summed E-state index contributed by atoms with van der Waals surface area (Å²) >= 11 is 0. The van der Waals surface area contributed by atoms with E-state index in [9.17, 15) is 42.6 Å². The molecule has 1 atom stereocenters. The number of hydrogen-bond donors (Lipinski definition) is 4. The van der Waals surface area contributed by atoms with Gasteiger partial charge in [-0.15, -0.1) is 0 Å². The number of allylic oxidation sites excluding steroid dienone is 3. The van der Waals surface area contributed by atoms with Crippen LogP contribution in [0.4, 0.5) is 24.5 Å². The molecule has 0 saturated carbocycles. The summed E-state index contributed by atoms with van der Waals surface area (Å²) in [6.45, 7) is 5.29. The van der Waals surface area contributed by atoms with Crippen LogP contribution in [0, 0.1) is 0 Å². The number of ketones is 1. The van der Waals surface area contributed by atoms with Crippen molar-refractivity contribution >= 4 is 46.8 Å². The van der Waals surface area contributed by atoms with Gasteiger partial charge in [-0.1, -0.05) is 43.3 Å². The van der Waals surface area contributed by atoms with Crippen molar-refractivity contribution < 1.29 is 52.0 Å². The number of aromatic hydroxyl groups is 1. The molecule has 18 nitrogen and oxygen atoms in total. The number of Topliss-reactive ketones (excluding diaryl/α,β-unsaturated/α-hetero) is 1. The highest BCUT2D eigenvalue weighted by Crippen LogP contribution is 2.44. The number of hydrazone groups is 1. The van der Waals surface area contributed by atoms with Gasteiger partial charge in [0.1, 0.15) is 19.0 Å². The molecule has 390 valence electrons. The molecule has 0 spiro atoms. The molecule has 2 aliphatic rings. The molecule has 4 N–H and O–H groups in total. The van der Waals surface area contributed by atoms with E-state index in [1.165, 1.54) is 22.9 Å². The van der Waals surface area contributed by atoms with Gasteiger partial charge in [-0.3, -0.25) is 34.5 Å². The number of carbonyl (C=O) groups is 4. The number of hydrazine groups is 1. The number of benzene rings is 2. The first-order valence-electron chi connectivity index (χ1n) is 23.8. The summed E-state index contributed by atoms with van der Waals surface area (Å²) in [4.78, 5) is 57.9. The van der Waals surface area contributed by atoms with E-state index in [0.717, 1.165) is 22.5 Å². The predicted octanol–water partition coefficient (Wildman–Crippen LogP) is 5.50. The summed E-state index contributed by atoms with van der Waals surface area (Å²) in [6, 6.07) is 15.0. The van der Waals surface area contributed by atoms with Gasteiger partial charge in [0.15, 0.2) is 0 Å². The van der Waals surface area contributed by atoms with Gasteiger partial charge in [-0.2, -0.15) is 23.4 Å². The van der Waals surface area contributed by atoms with Crippen molar-refractivity contribution in [2.45, 2.75) is 71.3 Å². The van der Waals surface area contributed by atoms with Crippen molar-refractivity contribution in [2.24, 2.45) is 5.10 Å². The van der Waals surface area contributed by atoms with E-state index in [2.05, 4.69) is 15.6 Å². The lowest BCUT2D eigenvalue weighted by Crippen LogP contribution is -2.42. The largest absolute Gasteiger partial charge is 0.506 e. The Bertz CT molecular complexity index is 2530. The number of anilines is 2. The maximum absolute atomic E-state index is 13.8. The van der Waals surface area contributed by atoms with Crippen LogP contribution in [0.2, 0.25) is 0 Å². The number of nitrogens with one attached hydrogen (secondary N) is 2. The zero-order chi connectivity index (χ0) is 52.7. The number of carbonyl (C=O) groups excluding carboxylic acids is 4. The number of aromatic nitrogens is 2. The third-order valence-corrected chi connectivity index (χ3v) is 11.9. The Morgan fingerprint density at radius 3 is 1.90 bits per heavy atom. The summed E-state index contributed by atoms with van der Waals surface area (Å²) in [5.41, 5.74) is 6.29. The Morgan fingerprint density at radius 1 is 0.833 bits per heavy atom. The maximum atomic E-state index is 13.8. The average Bonchev–Trinajstić information content (AvgIpc) is 3.66. The second kappa shape index (κ2) is 25.9. The summed E-state index contributed by atoms with van der Waals surface area (Å²) in [5.74, 6) is -4.99. The van der Waals surface area contributed by atoms with Gasteiger partial charge >= 0.3 is 24.0 Å². The molecule has 1 amide bonds. The Hall–Kier alpha value is -6.97. The molecule has 0 bridgehead atoms. The van der Waals surface area contributed by atoms with Crippen LogP contribution in [0.25, 0.3) is 5.57 Å². The molecule has 0 radical (unpaired) electrons. The van der Waals surface area contributed by atoms with Crippen molar-refractivity contribution in [1.82, 2.24) is 35.4 Å². The van der Waals surface area contributed by atoms with Crippen LogP contribution in [0.15, 0.2) is 94.5 Å². The van der Waals surface area contributed by atoms with E-state index in [4.69, 9.17) is 9.47 Å². The van der Waals surface area contributed by atoms with E-state index in [1.54, 1.807) is 30.0 Å². The van der Waals surface area contributed by atoms with Crippen LogP contribution < -0.4 is 20.5 Å². The SMILES string of the molecule is CCc1nn(CC)c(O)c1C1=C(O)/C(=C2/C=CC(N(CCOC(=O)CCCN(C)c3ccc(/C=N/N(C)C)cc3)CCOC(=O)CCCN(C)c3ccc(CNN(C)C)cc3)C=C2NC(=O)C(F)(F)F)C1=O. The average molecular weight is 1010 g/mol. The fourth-order valence-corrected chi connectivity index (χ4v) is 7.86. The van der Waals surface area contributed by atoms with Crippen molar-refractivity contribution in [3.63, 3.8) is 0 Å². The molecule has 0 saturated heterocycles. The van der Waals surface area contributed by atoms with Crippen molar-refractivity contribution in [3.8, 4) is 5.88 Å². The van der Waals surface area contributed by atoms with Crippen LogP contribution in [0.3, 0.4) is 0 Å². The van der Waals surface area contributed by atoms with Crippen molar-refractivity contribution in [1.29, 1.82) is 0 Å². The van der Waals surface area contributed by atoms with Crippen molar-refractivity contribution in [3.05, 3.63) is 112 Å². The third kappa shape index (κ3) is 15.3. The minimum absolute atomic E-state index is 0.0127. The van der Waals surface area contributed by atoms with Gasteiger partial charge in [-0.05, 0) is 67.7 Å². The first-order chi connectivity index (χ1) is 34.2. The number of aryl methyl sites for hydroxylation is 2. The van der Waals surface area contributed by atoms with E-state index in [1.807, 2.05) is 111 Å². The van der Waals surface area contributed by atoms with E-state index >= 15 is 0 Å². The number of halogens is 3. The molecule has 0 fully saturated rings. The molecular weight excluding hydrogens is 938 g/mol. The van der Waals surface area contributed by atoms with Gasteiger partial charge in [0.25, 0.3) is 0 Å². The van der Waals surface area contributed by atoms with Crippen LogP contribution in [0.5, 0.6) is 5.88 Å². The fraction of sp³-hybridized carbons (Fsp3) is 0.451. The highest BCUT2D eigenvalue weighted by Gasteiger charge is 2.44. The number of aliphatic hydroxyl groups excluding tert-OH is 1. The quantitative estimate of drug-likeness (QED) is 0.0340. The summed E-state index contributed by atoms with van der Waals surface area (Å²) in [7, 11) is 11.3. The maximum Gasteiger partial charge on any atom is 0.471 e. The van der Waals surface area contributed by atoms with Gasteiger partial charge in [-0.25, -0.2) is 4.68 Å². The molecule has 72 heavy (non-hydrogen) atoms. The molecular formula is C51H67F3N10O8. The lowest BCUT2D eigenvalue weighted by Gasteiger charge is -2.32. The molecule has 3 aromatic rings. The Morgan fingerprint density at radius 2 is 1.40 bits per heavy atom. The first-order valence-corrected chi connectivity index (χ1v) is 23.8. The number of amides is 1. The molecule has 1 unspecified atom stereocenters. The smallest absolute Gasteiger partial charge is 0.471 e. The second-order valence-electron chi connectivity index (χ2n) is 17.6. The monoisotopic (exact) mass is 1000 g/mol. The Labute approximate surface area is 418 Å². The minimum Gasteiger partial charge on any atom is -0.506 e. The van der Waals surface area contributed by atoms with E-state index in [0.29, 0.717) is 44.6 Å². The third-order valence-electron chi connectivity index (χ3n) is 11.9. The number of alkyl halides is 3. The molecule has 1 aromatic heterocycles. The van der Waals surface area contributed by atoms with E-state index in [-0.39, 0.29) is 73.9 Å². The normalized spacial score (nSPS) is 15.8. The minimum atomic E-state index is -5.32. The summed E-state index contributed by atoms with van der Waals surface area (Å²) < 4.78 is 53.8. The number of rotatable bonds is 26. The standard InChI is InChI=1S/C51H67F3N10O8/c1-9-40-45(49(69)64(10-2)58-40)46-47(67)44(48(46)68)39-24-23-38(31-41(39)57-50(70)51(52,53)54)63(27-29-71-42(65)13-11-25-61(7)36-19-15-34(16-20-36)32-55-59(3)4)28-30-72-43(66)14-12-26-62(8)37-21-17-35(18-22-37)33-56-60(5)6/h15-24,31-32,38,56,67,69H,9-14,25-30,33H2,1-8H3,(H,57,70)/b44-39+,55-32+. The van der Waals surface area contributed by atoms with Gasteiger partial charge in [0, 0.05) is 123 Å². The number of ether oxygens (including phenoxy) is 2. The lowest BCUT2D eigenvalue weighted by atomic mass is 9.78. The fourth-order valence-electron chi connectivity index (χ4n) is 7.86. The van der Waals surface area contributed by atoms with Crippen molar-refractivity contribution in [2.75, 3.05) is 91.5 Å². The van der Waals surface area contributed by atoms with Crippen LogP contribution >= 0.6 is 0 Å². The summed E-state index contributed by atoms with van der Waals surface area (Å²) in [6.07, 6.45) is 2.02. The number of hydrogen-bond acceptors (Lipinski definition) is 16. The molecule has 5 rings (SSSR count). The number of aliphatic hydroxyl groups is 1. The Kier molecular flexibility index (Phi) is 20.2. The first kappa shape index (κ1) is 56.0. The summed E-state index contributed by atoms with van der Waals surface area (Å²) in [5, 5.41) is 36.1. The van der Waals surface area contributed by atoms with Crippen LogP contribution in [-0.2, 0) is 48.2 Å². The topological polar surface area (TPSA) is 198 Å². The molecule has 21 heteroatoms. The molecule has 0 aliphatic heterocycles. The number of esters is 2. The molecule has 1 heterocycles. The van der Waals surface area contributed by atoms with Crippen LogP contribution in [-0.4, -0.2) is 159 Å². The second-order valence-corrected chi connectivity index (χ2v) is 17.6. The zero-order valence-electron chi connectivity index (χ0n) is 42.3. The predicted molar refractivity (Wildman–Crippen MR) is 269 cm³/mol. The Balaban J connectivity index is 1.28. The highest BCUT2D eigenvalue weighted by atomic mass is 19.4. The van der Waals surface area contributed by atoms with E-state index < -0.39 is 47.3 Å².